The SMILES string of the molecule is COc1ccc(CN(C)C[C@@H]2Oc3ccc(NC(=O)Nc4ccc(F)cc4)cc3C(=O)N([C@@H](C)CO)C[C@H]2C)cc1. The summed E-state index contributed by atoms with van der Waals surface area (Å²) in [6.07, 6.45) is -0.251. The average molecular weight is 565 g/mol. The van der Waals surface area contributed by atoms with Crippen LogP contribution < -0.4 is 20.1 Å². The molecule has 0 saturated heterocycles. The number of likely N-dealkylation sites (N-methyl/N-ethyl adjacent to an activating group) is 1. The molecule has 4 rings (SSSR count). The van der Waals surface area contributed by atoms with Crippen LogP contribution in [0.4, 0.5) is 20.6 Å². The summed E-state index contributed by atoms with van der Waals surface area (Å²) in [6.45, 7) is 5.35. The number of fused-ring (bicyclic) bond motifs is 1. The van der Waals surface area contributed by atoms with E-state index in [0.717, 1.165) is 11.3 Å². The summed E-state index contributed by atoms with van der Waals surface area (Å²) < 4.78 is 24.9. The van der Waals surface area contributed by atoms with E-state index < -0.39 is 17.9 Å². The van der Waals surface area contributed by atoms with Crippen molar-refractivity contribution in [3.63, 3.8) is 0 Å². The first-order valence-electron chi connectivity index (χ1n) is 13.5. The topological polar surface area (TPSA) is 103 Å². The third kappa shape index (κ3) is 7.74. The Labute approximate surface area is 239 Å². The quantitative estimate of drug-likeness (QED) is 0.344. The number of nitrogens with one attached hydrogen (secondary N) is 2. The highest BCUT2D eigenvalue weighted by Crippen LogP contribution is 2.31. The summed E-state index contributed by atoms with van der Waals surface area (Å²) in [6, 6.07) is 17.3. The molecule has 3 amide bonds. The normalized spacial score (nSPS) is 17.6. The molecule has 1 aliphatic rings. The van der Waals surface area contributed by atoms with Crippen molar-refractivity contribution in [2.24, 2.45) is 5.92 Å². The van der Waals surface area contributed by atoms with Gasteiger partial charge in [0.05, 0.1) is 25.3 Å². The number of ether oxygens (including phenoxy) is 2. The molecule has 9 nitrogen and oxygen atoms in total. The highest BCUT2D eigenvalue weighted by Gasteiger charge is 2.33. The second kappa shape index (κ2) is 13.5. The summed E-state index contributed by atoms with van der Waals surface area (Å²) in [5, 5.41) is 15.3. The van der Waals surface area contributed by atoms with Crippen molar-refractivity contribution in [1.82, 2.24) is 9.80 Å². The third-order valence-corrected chi connectivity index (χ3v) is 7.13. The van der Waals surface area contributed by atoms with Crippen LogP contribution >= 0.6 is 0 Å². The van der Waals surface area contributed by atoms with Crippen LogP contribution in [-0.2, 0) is 6.54 Å². The molecular weight excluding hydrogens is 527 g/mol. The molecule has 0 fully saturated rings. The van der Waals surface area contributed by atoms with Crippen molar-refractivity contribution in [1.29, 1.82) is 0 Å². The van der Waals surface area contributed by atoms with Crippen LogP contribution in [0.5, 0.6) is 11.5 Å². The fourth-order valence-electron chi connectivity index (χ4n) is 4.76. The van der Waals surface area contributed by atoms with E-state index in [1.807, 2.05) is 38.2 Å². The van der Waals surface area contributed by atoms with Gasteiger partial charge in [0.1, 0.15) is 23.4 Å². The van der Waals surface area contributed by atoms with Gasteiger partial charge in [-0.1, -0.05) is 19.1 Å². The lowest BCUT2D eigenvalue weighted by atomic mass is 9.99. The van der Waals surface area contributed by atoms with E-state index in [1.165, 1.54) is 24.3 Å². The molecule has 3 aromatic rings. The Morgan fingerprint density at radius 3 is 2.44 bits per heavy atom. The number of halogens is 1. The number of carbonyl (C=O) groups excluding carboxylic acids is 2. The number of hydrogen-bond donors (Lipinski definition) is 3. The number of amides is 3. The molecule has 1 heterocycles. The first-order chi connectivity index (χ1) is 19.7. The molecule has 3 aromatic carbocycles. The molecule has 0 saturated carbocycles. The molecular formula is C31H37FN4O5. The van der Waals surface area contributed by atoms with Gasteiger partial charge in [0.2, 0.25) is 0 Å². The van der Waals surface area contributed by atoms with Crippen molar-refractivity contribution in [3.8, 4) is 11.5 Å². The molecule has 1 aliphatic heterocycles. The zero-order valence-corrected chi connectivity index (χ0v) is 23.8. The number of hydrogen-bond acceptors (Lipinski definition) is 6. The highest BCUT2D eigenvalue weighted by atomic mass is 19.1. The second-order valence-corrected chi connectivity index (χ2v) is 10.5. The van der Waals surface area contributed by atoms with Crippen molar-refractivity contribution in [2.45, 2.75) is 32.5 Å². The minimum Gasteiger partial charge on any atom is -0.497 e. The summed E-state index contributed by atoms with van der Waals surface area (Å²) in [4.78, 5) is 30.1. The number of carbonyl (C=O) groups is 2. The summed E-state index contributed by atoms with van der Waals surface area (Å²) in [5.74, 6) is 0.482. The van der Waals surface area contributed by atoms with Gasteiger partial charge in [-0.05, 0) is 74.1 Å². The number of aliphatic hydroxyl groups is 1. The van der Waals surface area contributed by atoms with E-state index in [1.54, 1.807) is 37.1 Å². The Balaban J connectivity index is 1.54. The largest absolute Gasteiger partial charge is 0.497 e. The van der Waals surface area contributed by atoms with Crippen LogP contribution in [0.25, 0.3) is 0 Å². The molecule has 218 valence electrons. The van der Waals surface area contributed by atoms with E-state index in [9.17, 15) is 19.1 Å². The number of nitrogens with zero attached hydrogens (tertiary/aromatic N) is 2. The van der Waals surface area contributed by atoms with E-state index in [4.69, 9.17) is 9.47 Å². The summed E-state index contributed by atoms with van der Waals surface area (Å²) >= 11 is 0. The molecule has 0 radical (unpaired) electrons. The number of aliphatic hydroxyl groups excluding tert-OH is 1. The van der Waals surface area contributed by atoms with Gasteiger partial charge >= 0.3 is 6.03 Å². The van der Waals surface area contributed by atoms with E-state index in [-0.39, 0.29) is 24.5 Å². The number of anilines is 2. The minimum absolute atomic E-state index is 0.0290. The van der Waals surface area contributed by atoms with Crippen LogP contribution in [-0.4, -0.2) is 72.8 Å². The second-order valence-electron chi connectivity index (χ2n) is 10.5. The van der Waals surface area contributed by atoms with Crippen LogP contribution in [0.1, 0.15) is 29.8 Å². The lowest BCUT2D eigenvalue weighted by Crippen LogP contribution is -2.49. The summed E-state index contributed by atoms with van der Waals surface area (Å²) in [7, 11) is 3.66. The third-order valence-electron chi connectivity index (χ3n) is 7.13. The zero-order chi connectivity index (χ0) is 29.5. The zero-order valence-electron chi connectivity index (χ0n) is 23.8. The first-order valence-corrected chi connectivity index (χ1v) is 13.5. The van der Waals surface area contributed by atoms with Gasteiger partial charge in [-0.25, -0.2) is 9.18 Å². The van der Waals surface area contributed by atoms with Gasteiger partial charge in [0.25, 0.3) is 5.91 Å². The maximum absolute atomic E-state index is 13.7. The lowest BCUT2D eigenvalue weighted by molar-refractivity contribution is 0.0341. The predicted molar refractivity (Wildman–Crippen MR) is 156 cm³/mol. The fourth-order valence-corrected chi connectivity index (χ4v) is 4.76. The highest BCUT2D eigenvalue weighted by molar-refractivity contribution is 6.02. The van der Waals surface area contributed by atoms with Crippen LogP contribution in [0.15, 0.2) is 66.7 Å². The maximum atomic E-state index is 13.7. The molecule has 0 aliphatic carbocycles. The first kappa shape index (κ1) is 29.8. The van der Waals surface area contributed by atoms with Crippen molar-refractivity contribution < 1.29 is 28.6 Å². The molecule has 3 N–H and O–H groups in total. The number of urea groups is 1. The Morgan fingerprint density at radius 1 is 1.12 bits per heavy atom. The standard InChI is InChI=1S/C31H37FN4O5/c1-20-16-36(21(2)19-37)30(38)27-15-25(34-31(39)33-24-9-7-23(32)8-10-24)11-14-28(27)41-29(20)18-35(3)17-22-5-12-26(40-4)13-6-22/h5-15,20-21,29,37H,16-19H2,1-4H3,(H2,33,34,39)/t20-,21+,29+/m1/s1. The number of benzene rings is 3. The fraction of sp³-hybridized carbons (Fsp3) is 0.355. The smallest absolute Gasteiger partial charge is 0.323 e. The Hall–Kier alpha value is -4.15. The van der Waals surface area contributed by atoms with Crippen molar-refractivity contribution >= 4 is 23.3 Å². The average Bonchev–Trinajstić information content (AvgIpc) is 2.96. The minimum atomic E-state index is -0.539. The molecule has 41 heavy (non-hydrogen) atoms. The Bertz CT molecular complexity index is 1340. The van der Waals surface area contributed by atoms with Gasteiger partial charge in [-0.15, -0.1) is 0 Å². The molecule has 10 heteroatoms. The van der Waals surface area contributed by atoms with Crippen LogP contribution in [0.2, 0.25) is 0 Å². The molecule has 0 bridgehead atoms. The molecule has 3 atom stereocenters. The van der Waals surface area contributed by atoms with Gasteiger partial charge < -0.3 is 30.1 Å². The Morgan fingerprint density at radius 2 is 1.78 bits per heavy atom. The number of methoxy groups -OCH3 is 1. The van der Waals surface area contributed by atoms with Gasteiger partial charge in [0.15, 0.2) is 0 Å². The summed E-state index contributed by atoms with van der Waals surface area (Å²) in [5.41, 5.74) is 2.24. The Kier molecular flexibility index (Phi) is 9.80. The van der Waals surface area contributed by atoms with Gasteiger partial charge in [-0.2, -0.15) is 0 Å². The van der Waals surface area contributed by atoms with Crippen LogP contribution in [0.3, 0.4) is 0 Å². The van der Waals surface area contributed by atoms with E-state index >= 15 is 0 Å². The monoisotopic (exact) mass is 564 g/mol. The van der Waals surface area contributed by atoms with Crippen LogP contribution in [0, 0.1) is 11.7 Å². The van der Waals surface area contributed by atoms with Gasteiger partial charge in [0, 0.05) is 36.9 Å². The molecule has 0 spiro atoms. The predicted octanol–water partition coefficient (Wildman–Crippen LogP) is 4.83. The van der Waals surface area contributed by atoms with E-state index in [2.05, 4.69) is 15.5 Å². The van der Waals surface area contributed by atoms with E-state index in [0.29, 0.717) is 42.3 Å². The maximum Gasteiger partial charge on any atom is 0.323 e. The lowest BCUT2D eigenvalue weighted by Gasteiger charge is -2.38. The molecule has 0 aromatic heterocycles. The van der Waals surface area contributed by atoms with Crippen molar-refractivity contribution in [2.75, 3.05) is 44.5 Å². The van der Waals surface area contributed by atoms with Crippen molar-refractivity contribution in [3.05, 3.63) is 83.7 Å². The van der Waals surface area contributed by atoms with Gasteiger partial charge in [-0.3, -0.25) is 9.69 Å². The number of rotatable bonds is 9. The molecule has 0 unspecified atom stereocenters.